The first-order valence-electron chi connectivity index (χ1n) is 10.0. The summed E-state index contributed by atoms with van der Waals surface area (Å²) in [4.78, 5) is 8.39. The molecule has 3 heterocycles. The van der Waals surface area contributed by atoms with E-state index in [-0.39, 0.29) is 18.1 Å². The van der Waals surface area contributed by atoms with Gasteiger partial charge in [0.05, 0.1) is 19.8 Å². The number of likely N-dealkylation sites (tertiary alicyclic amines) is 1. The first-order chi connectivity index (χ1) is 14.0. The van der Waals surface area contributed by atoms with Gasteiger partial charge < -0.3 is 19.7 Å². The van der Waals surface area contributed by atoms with Crippen molar-refractivity contribution in [3.63, 3.8) is 0 Å². The van der Waals surface area contributed by atoms with Crippen molar-refractivity contribution in [1.82, 2.24) is 14.8 Å². The largest absolute Gasteiger partial charge is 0.497 e. The summed E-state index contributed by atoms with van der Waals surface area (Å²) in [5.41, 5.74) is 4.82. The van der Waals surface area contributed by atoms with E-state index >= 15 is 0 Å². The summed E-state index contributed by atoms with van der Waals surface area (Å²) in [6.07, 6.45) is 0. The Morgan fingerprint density at radius 1 is 1.21 bits per heavy atom. The van der Waals surface area contributed by atoms with Crippen LogP contribution in [0.3, 0.4) is 0 Å². The molecule has 2 aliphatic rings. The van der Waals surface area contributed by atoms with Crippen LogP contribution in [-0.4, -0.2) is 60.3 Å². The summed E-state index contributed by atoms with van der Waals surface area (Å²) < 4.78 is 5.43. The Balaban J connectivity index is 1.61. The van der Waals surface area contributed by atoms with Crippen molar-refractivity contribution in [2.45, 2.75) is 18.0 Å². The standard InChI is InChI=1S/C23H26ClN3O2/c1-26-12-23(13-26)14-27(10-15-4-3-5-16(24)8-15)20(11-28)22-21(23)18-7-6-17(29-2)9-19(18)25-22/h3-9,20,25,28H,10-14H2,1-2H3/t20-/m0/s1. The number of methoxy groups -OCH3 is 1. The molecule has 3 aromatic rings. The van der Waals surface area contributed by atoms with Crippen molar-refractivity contribution in [1.29, 1.82) is 0 Å². The van der Waals surface area contributed by atoms with Crippen molar-refractivity contribution < 1.29 is 9.84 Å². The molecule has 0 aliphatic carbocycles. The number of aliphatic hydroxyl groups excluding tert-OH is 1. The second kappa shape index (κ2) is 7.03. The van der Waals surface area contributed by atoms with Gasteiger partial charge in [0.25, 0.3) is 0 Å². The molecule has 5 rings (SSSR count). The highest BCUT2D eigenvalue weighted by Crippen LogP contribution is 2.48. The van der Waals surface area contributed by atoms with E-state index in [1.165, 1.54) is 16.5 Å². The van der Waals surface area contributed by atoms with Crippen LogP contribution in [0, 0.1) is 0 Å². The summed E-state index contributed by atoms with van der Waals surface area (Å²) in [6.45, 7) is 3.78. The number of hydrogen-bond acceptors (Lipinski definition) is 4. The van der Waals surface area contributed by atoms with Crippen LogP contribution in [0.1, 0.15) is 22.9 Å². The van der Waals surface area contributed by atoms with E-state index < -0.39 is 0 Å². The number of nitrogens with one attached hydrogen (secondary N) is 1. The predicted molar refractivity (Wildman–Crippen MR) is 116 cm³/mol. The molecule has 0 radical (unpaired) electrons. The maximum Gasteiger partial charge on any atom is 0.120 e. The highest BCUT2D eigenvalue weighted by molar-refractivity contribution is 6.30. The molecule has 29 heavy (non-hydrogen) atoms. The van der Waals surface area contributed by atoms with Gasteiger partial charge >= 0.3 is 0 Å². The summed E-state index contributed by atoms with van der Waals surface area (Å²) in [5.74, 6) is 0.840. The van der Waals surface area contributed by atoms with Crippen LogP contribution >= 0.6 is 11.6 Å². The van der Waals surface area contributed by atoms with Crippen LogP contribution in [0.5, 0.6) is 5.75 Å². The number of nitrogens with zero attached hydrogens (tertiary/aromatic N) is 2. The van der Waals surface area contributed by atoms with E-state index in [0.717, 1.165) is 48.2 Å². The summed E-state index contributed by atoms with van der Waals surface area (Å²) in [6, 6.07) is 14.2. The Hall–Kier alpha value is -2.05. The Labute approximate surface area is 175 Å². The van der Waals surface area contributed by atoms with Crippen LogP contribution < -0.4 is 4.74 Å². The number of rotatable bonds is 4. The topological polar surface area (TPSA) is 51.7 Å². The predicted octanol–water partition coefficient (Wildman–Crippen LogP) is 3.56. The van der Waals surface area contributed by atoms with E-state index in [1.807, 2.05) is 24.3 Å². The van der Waals surface area contributed by atoms with E-state index in [9.17, 15) is 5.11 Å². The average Bonchev–Trinajstić information content (AvgIpc) is 3.06. The van der Waals surface area contributed by atoms with Crippen LogP contribution in [-0.2, 0) is 12.0 Å². The minimum absolute atomic E-state index is 0.0705. The molecular formula is C23H26ClN3O2. The van der Waals surface area contributed by atoms with Crippen LogP contribution in [0.4, 0.5) is 0 Å². The molecule has 1 atom stereocenters. The molecule has 0 bridgehead atoms. The molecule has 1 spiro atoms. The average molecular weight is 412 g/mol. The van der Waals surface area contributed by atoms with Gasteiger partial charge in [-0.15, -0.1) is 0 Å². The molecule has 6 heteroatoms. The fourth-order valence-electron chi connectivity index (χ4n) is 5.39. The molecule has 1 saturated heterocycles. The van der Waals surface area contributed by atoms with Gasteiger partial charge in [-0.3, -0.25) is 4.90 Å². The molecule has 2 aliphatic heterocycles. The van der Waals surface area contributed by atoms with E-state index in [0.29, 0.717) is 0 Å². The zero-order valence-corrected chi connectivity index (χ0v) is 17.5. The third-order valence-corrected chi connectivity index (χ3v) is 6.67. The molecular weight excluding hydrogens is 386 g/mol. The van der Waals surface area contributed by atoms with Gasteiger partial charge in [0, 0.05) is 59.3 Å². The molecule has 0 unspecified atom stereocenters. The second-order valence-corrected chi connectivity index (χ2v) is 8.95. The zero-order valence-electron chi connectivity index (χ0n) is 16.8. The van der Waals surface area contributed by atoms with Crippen molar-refractivity contribution in [2.75, 3.05) is 40.4 Å². The number of hydrogen-bond donors (Lipinski definition) is 2. The third-order valence-electron chi connectivity index (χ3n) is 6.44. The molecule has 1 fully saturated rings. The SMILES string of the molecule is COc1ccc2c3c([nH]c2c1)[C@H](CO)N(Cc1cccc(Cl)c1)CC31CN(C)C1. The third kappa shape index (κ3) is 3.04. The van der Waals surface area contributed by atoms with Gasteiger partial charge in [-0.1, -0.05) is 23.7 Å². The number of benzene rings is 2. The van der Waals surface area contributed by atoms with Gasteiger partial charge in [-0.2, -0.15) is 0 Å². The molecule has 0 saturated carbocycles. The fraction of sp³-hybridized carbons (Fsp3) is 0.391. The van der Waals surface area contributed by atoms with Gasteiger partial charge in [-0.25, -0.2) is 0 Å². The van der Waals surface area contributed by atoms with Crippen molar-refractivity contribution in [2.24, 2.45) is 0 Å². The minimum atomic E-state index is -0.0705. The second-order valence-electron chi connectivity index (χ2n) is 8.51. The number of H-pyrrole nitrogens is 1. The Bertz CT molecular complexity index is 1060. The normalized spacial score (nSPS) is 21.3. The maximum atomic E-state index is 10.4. The lowest BCUT2D eigenvalue weighted by Gasteiger charge is -2.55. The molecule has 152 valence electrons. The fourth-order valence-corrected chi connectivity index (χ4v) is 5.61. The molecule has 0 amide bonds. The number of halogens is 1. The Morgan fingerprint density at radius 2 is 2.03 bits per heavy atom. The number of likely N-dealkylation sites (N-methyl/N-ethyl adjacent to an activating group) is 1. The number of ether oxygens (including phenoxy) is 1. The van der Waals surface area contributed by atoms with Gasteiger partial charge in [0.2, 0.25) is 0 Å². The van der Waals surface area contributed by atoms with E-state index in [2.05, 4.69) is 40.0 Å². The van der Waals surface area contributed by atoms with Gasteiger partial charge in [0.15, 0.2) is 0 Å². The molecule has 1 aromatic heterocycles. The van der Waals surface area contributed by atoms with Crippen molar-refractivity contribution in [3.8, 4) is 5.75 Å². The van der Waals surface area contributed by atoms with Gasteiger partial charge in [-0.05, 0) is 42.4 Å². The quantitative estimate of drug-likeness (QED) is 0.689. The van der Waals surface area contributed by atoms with E-state index in [1.54, 1.807) is 7.11 Å². The first-order valence-corrected chi connectivity index (χ1v) is 10.4. The monoisotopic (exact) mass is 411 g/mol. The number of aromatic amines is 1. The summed E-state index contributed by atoms with van der Waals surface area (Å²) in [5, 5.41) is 12.3. The Morgan fingerprint density at radius 3 is 2.72 bits per heavy atom. The van der Waals surface area contributed by atoms with Gasteiger partial charge in [0.1, 0.15) is 5.75 Å². The Kier molecular flexibility index (Phi) is 4.59. The maximum absolute atomic E-state index is 10.4. The first kappa shape index (κ1) is 18.9. The number of fused-ring (bicyclic) bond motifs is 4. The van der Waals surface area contributed by atoms with Crippen LogP contribution in [0.25, 0.3) is 10.9 Å². The number of aromatic nitrogens is 1. The van der Waals surface area contributed by atoms with Crippen LogP contribution in [0.15, 0.2) is 42.5 Å². The molecule has 2 aromatic carbocycles. The number of aliphatic hydroxyl groups is 1. The summed E-state index contributed by atoms with van der Waals surface area (Å²) >= 11 is 6.22. The van der Waals surface area contributed by atoms with Crippen molar-refractivity contribution >= 4 is 22.5 Å². The highest BCUT2D eigenvalue weighted by Gasteiger charge is 2.51. The van der Waals surface area contributed by atoms with Crippen molar-refractivity contribution in [3.05, 3.63) is 64.3 Å². The highest BCUT2D eigenvalue weighted by atomic mass is 35.5. The summed E-state index contributed by atoms with van der Waals surface area (Å²) in [7, 11) is 3.86. The zero-order chi connectivity index (χ0) is 20.2. The van der Waals surface area contributed by atoms with Crippen LogP contribution in [0.2, 0.25) is 5.02 Å². The molecule has 5 nitrogen and oxygen atoms in total. The smallest absolute Gasteiger partial charge is 0.120 e. The lowest BCUT2D eigenvalue weighted by atomic mass is 9.69. The minimum Gasteiger partial charge on any atom is -0.497 e. The lowest BCUT2D eigenvalue weighted by molar-refractivity contribution is 0.00422. The lowest BCUT2D eigenvalue weighted by Crippen LogP contribution is -2.65. The molecule has 2 N–H and O–H groups in total. The van der Waals surface area contributed by atoms with E-state index in [4.69, 9.17) is 16.3 Å².